The first-order chi connectivity index (χ1) is 10.2. The summed E-state index contributed by atoms with van der Waals surface area (Å²) in [4.78, 5) is 0. The van der Waals surface area contributed by atoms with E-state index in [1.807, 2.05) is 6.07 Å². The Morgan fingerprint density at radius 2 is 2.05 bits per heavy atom. The fraction of sp³-hybridized carbons (Fsp3) is 0.263. The van der Waals surface area contributed by atoms with Gasteiger partial charge in [-0.25, -0.2) is 4.39 Å². The van der Waals surface area contributed by atoms with E-state index < -0.39 is 0 Å². The van der Waals surface area contributed by atoms with Crippen molar-refractivity contribution < 1.29 is 4.39 Å². The van der Waals surface area contributed by atoms with E-state index in [-0.39, 0.29) is 11.9 Å². The summed E-state index contributed by atoms with van der Waals surface area (Å²) in [6, 6.07) is 13.7. The maximum atomic E-state index is 13.6. The zero-order chi connectivity index (χ0) is 14.4. The predicted molar refractivity (Wildman–Crippen MR) is 83.9 cm³/mol. The van der Waals surface area contributed by atoms with Gasteiger partial charge in [0.1, 0.15) is 5.82 Å². The Kier molecular flexibility index (Phi) is 2.85. The van der Waals surface area contributed by atoms with Crippen molar-refractivity contribution in [1.29, 1.82) is 0 Å². The van der Waals surface area contributed by atoms with Gasteiger partial charge in [0.25, 0.3) is 0 Å². The van der Waals surface area contributed by atoms with E-state index in [1.54, 1.807) is 12.1 Å². The van der Waals surface area contributed by atoms with E-state index in [0.29, 0.717) is 11.8 Å². The number of hydrogen-bond donors (Lipinski definition) is 1. The molecule has 4 rings (SSSR count). The van der Waals surface area contributed by atoms with Crippen molar-refractivity contribution in [2.24, 2.45) is 5.92 Å². The third-order valence-electron chi connectivity index (χ3n) is 4.73. The molecule has 0 saturated heterocycles. The van der Waals surface area contributed by atoms with Crippen molar-refractivity contribution >= 4 is 5.69 Å². The highest BCUT2D eigenvalue weighted by Crippen LogP contribution is 2.49. The zero-order valence-corrected chi connectivity index (χ0v) is 12.0. The Bertz CT molecular complexity index is 719. The molecule has 1 heterocycles. The Morgan fingerprint density at radius 1 is 1.14 bits per heavy atom. The Balaban J connectivity index is 1.80. The summed E-state index contributed by atoms with van der Waals surface area (Å²) in [6.07, 6.45) is 5.63. The highest BCUT2D eigenvalue weighted by molar-refractivity contribution is 5.60. The average molecular weight is 279 g/mol. The van der Waals surface area contributed by atoms with Crippen LogP contribution in [0.1, 0.15) is 35.1 Å². The van der Waals surface area contributed by atoms with E-state index in [2.05, 4.69) is 42.6 Å². The molecule has 0 aromatic heterocycles. The van der Waals surface area contributed by atoms with Gasteiger partial charge in [-0.15, -0.1) is 0 Å². The molecule has 0 spiro atoms. The van der Waals surface area contributed by atoms with Crippen LogP contribution >= 0.6 is 0 Å². The van der Waals surface area contributed by atoms with Crippen LogP contribution in [0.2, 0.25) is 0 Å². The lowest BCUT2D eigenvalue weighted by Crippen LogP contribution is -2.29. The minimum absolute atomic E-state index is 0.161. The van der Waals surface area contributed by atoms with E-state index in [9.17, 15) is 4.39 Å². The first-order valence-corrected chi connectivity index (χ1v) is 7.51. The number of fused-ring (bicyclic) bond motifs is 3. The van der Waals surface area contributed by atoms with Crippen LogP contribution in [0.5, 0.6) is 0 Å². The molecule has 2 aromatic carbocycles. The number of anilines is 1. The molecule has 1 aliphatic carbocycles. The number of nitrogens with one attached hydrogen (secondary N) is 1. The predicted octanol–water partition coefficient (Wildman–Crippen LogP) is 4.96. The first-order valence-electron chi connectivity index (χ1n) is 7.51. The SMILES string of the molecule is Cc1ccc2c(c1)[C@@H]1C=CC[C@H]1[C@H](c1cccc(F)c1)N2. The van der Waals surface area contributed by atoms with Crippen molar-refractivity contribution in [1.82, 2.24) is 0 Å². The smallest absolute Gasteiger partial charge is 0.123 e. The topological polar surface area (TPSA) is 12.0 Å². The zero-order valence-electron chi connectivity index (χ0n) is 12.0. The molecule has 0 radical (unpaired) electrons. The standard InChI is InChI=1S/C19H18FN/c1-12-8-9-18-17(10-12)15-6-3-7-16(15)19(21-18)13-4-2-5-14(20)11-13/h2-6,8-11,15-16,19,21H,7H2,1H3/t15-,16-,19+/m1/s1. The van der Waals surface area contributed by atoms with Gasteiger partial charge in [0.2, 0.25) is 0 Å². The summed E-state index contributed by atoms with van der Waals surface area (Å²) in [7, 11) is 0. The van der Waals surface area contributed by atoms with Crippen LogP contribution in [0.3, 0.4) is 0 Å². The Hall–Kier alpha value is -2.09. The third-order valence-corrected chi connectivity index (χ3v) is 4.73. The fourth-order valence-electron chi connectivity index (χ4n) is 3.74. The second kappa shape index (κ2) is 4.73. The van der Waals surface area contributed by atoms with Crippen LogP contribution in [0.15, 0.2) is 54.6 Å². The normalized spacial score (nSPS) is 26.1. The van der Waals surface area contributed by atoms with Gasteiger partial charge in [-0.05, 0) is 48.6 Å². The highest BCUT2D eigenvalue weighted by atomic mass is 19.1. The summed E-state index contributed by atoms with van der Waals surface area (Å²) in [5, 5.41) is 3.63. The maximum Gasteiger partial charge on any atom is 0.123 e. The number of benzene rings is 2. The van der Waals surface area contributed by atoms with Gasteiger partial charge in [0, 0.05) is 11.6 Å². The van der Waals surface area contributed by atoms with Crippen LogP contribution in [-0.2, 0) is 0 Å². The molecule has 1 N–H and O–H groups in total. The number of hydrogen-bond acceptors (Lipinski definition) is 1. The van der Waals surface area contributed by atoms with Gasteiger partial charge in [-0.1, -0.05) is 42.0 Å². The van der Waals surface area contributed by atoms with Gasteiger partial charge < -0.3 is 5.32 Å². The monoisotopic (exact) mass is 279 g/mol. The number of halogens is 1. The van der Waals surface area contributed by atoms with Crippen molar-refractivity contribution in [3.05, 3.63) is 77.1 Å². The van der Waals surface area contributed by atoms with Crippen LogP contribution in [-0.4, -0.2) is 0 Å². The van der Waals surface area contributed by atoms with E-state index in [4.69, 9.17) is 0 Å². The molecule has 0 amide bonds. The molecule has 0 bridgehead atoms. The summed E-state index contributed by atoms with van der Waals surface area (Å²) < 4.78 is 13.6. The van der Waals surface area contributed by atoms with Crippen molar-refractivity contribution in [3.63, 3.8) is 0 Å². The summed E-state index contributed by atoms with van der Waals surface area (Å²) >= 11 is 0. The highest BCUT2D eigenvalue weighted by Gasteiger charge is 2.37. The molecule has 0 unspecified atom stereocenters. The largest absolute Gasteiger partial charge is 0.378 e. The van der Waals surface area contributed by atoms with E-state index in [1.165, 1.54) is 22.9 Å². The number of rotatable bonds is 1. The number of aryl methyl sites for hydroxylation is 1. The first kappa shape index (κ1) is 12.6. The van der Waals surface area contributed by atoms with Crippen LogP contribution in [0.25, 0.3) is 0 Å². The van der Waals surface area contributed by atoms with Gasteiger partial charge >= 0.3 is 0 Å². The summed E-state index contributed by atoms with van der Waals surface area (Å²) in [5.41, 5.74) is 4.89. The van der Waals surface area contributed by atoms with E-state index >= 15 is 0 Å². The Labute approximate surface area is 124 Å². The van der Waals surface area contributed by atoms with Gasteiger partial charge in [-0.3, -0.25) is 0 Å². The van der Waals surface area contributed by atoms with Crippen LogP contribution < -0.4 is 5.32 Å². The van der Waals surface area contributed by atoms with Gasteiger partial charge in [0.15, 0.2) is 0 Å². The molecular weight excluding hydrogens is 261 g/mol. The lowest BCUT2D eigenvalue weighted by molar-refractivity contribution is 0.424. The molecule has 2 aromatic rings. The second-order valence-electron chi connectivity index (χ2n) is 6.12. The molecule has 2 heteroatoms. The minimum atomic E-state index is -0.161. The molecule has 0 fully saturated rings. The van der Waals surface area contributed by atoms with Crippen LogP contribution in [0, 0.1) is 18.7 Å². The van der Waals surface area contributed by atoms with Gasteiger partial charge in [0.05, 0.1) is 6.04 Å². The quantitative estimate of drug-likeness (QED) is 0.727. The van der Waals surface area contributed by atoms with E-state index in [0.717, 1.165) is 12.0 Å². The molecule has 3 atom stereocenters. The lowest BCUT2D eigenvalue weighted by atomic mass is 9.76. The lowest BCUT2D eigenvalue weighted by Gasteiger charge is -2.37. The second-order valence-corrected chi connectivity index (χ2v) is 6.12. The maximum absolute atomic E-state index is 13.6. The molecule has 2 aliphatic rings. The van der Waals surface area contributed by atoms with Gasteiger partial charge in [-0.2, -0.15) is 0 Å². The van der Waals surface area contributed by atoms with Crippen molar-refractivity contribution in [3.8, 4) is 0 Å². The molecule has 21 heavy (non-hydrogen) atoms. The fourth-order valence-corrected chi connectivity index (χ4v) is 3.74. The molecular formula is C19H18FN. The number of allylic oxidation sites excluding steroid dienone is 2. The molecule has 106 valence electrons. The van der Waals surface area contributed by atoms with Crippen LogP contribution in [0.4, 0.5) is 10.1 Å². The average Bonchev–Trinajstić information content (AvgIpc) is 2.96. The summed E-state index contributed by atoms with van der Waals surface area (Å²) in [5.74, 6) is 0.752. The third kappa shape index (κ3) is 2.06. The molecule has 0 saturated carbocycles. The molecule has 1 nitrogen and oxygen atoms in total. The minimum Gasteiger partial charge on any atom is -0.378 e. The van der Waals surface area contributed by atoms with Crippen molar-refractivity contribution in [2.75, 3.05) is 5.32 Å². The Morgan fingerprint density at radius 3 is 2.90 bits per heavy atom. The molecule has 1 aliphatic heterocycles. The van der Waals surface area contributed by atoms with Crippen molar-refractivity contribution in [2.45, 2.75) is 25.3 Å². The summed E-state index contributed by atoms with van der Waals surface area (Å²) in [6.45, 7) is 2.13.